The molecule has 1 aromatic rings. The molecule has 1 aliphatic heterocycles. The molecule has 0 aromatic heterocycles. The molecule has 0 aliphatic carbocycles. The number of aliphatic imine (C=N–C) groups is 1. The molecule has 0 unspecified atom stereocenters. The van der Waals surface area contributed by atoms with Gasteiger partial charge in [0.1, 0.15) is 0 Å². The summed E-state index contributed by atoms with van der Waals surface area (Å²) < 4.78 is 27.0. The fourth-order valence-corrected chi connectivity index (χ4v) is 4.79. The number of benzene rings is 1. The van der Waals surface area contributed by atoms with E-state index in [0.717, 1.165) is 44.7 Å². The number of nitrogens with zero attached hydrogens (tertiary/aromatic N) is 3. The predicted molar refractivity (Wildman–Crippen MR) is 111 cm³/mol. The molecule has 0 bridgehead atoms. The highest BCUT2D eigenvalue weighted by atomic mass is 32.2. The van der Waals surface area contributed by atoms with Crippen LogP contribution in [0.4, 0.5) is 0 Å². The molecule has 27 heavy (non-hydrogen) atoms. The number of piperidine rings is 1. The topological polar surface area (TPSA) is 65.0 Å². The molecule has 1 N–H and O–H groups in total. The summed E-state index contributed by atoms with van der Waals surface area (Å²) in [7, 11) is 0.453. The number of allylic oxidation sites excluding steroid dienone is 1. The first kappa shape index (κ1) is 21.4. The maximum absolute atomic E-state index is 12.7. The Morgan fingerprint density at radius 2 is 2.00 bits per heavy atom. The van der Waals surface area contributed by atoms with E-state index in [1.807, 2.05) is 19.2 Å². The van der Waals surface area contributed by atoms with Crippen LogP contribution in [0.5, 0.6) is 0 Å². The van der Waals surface area contributed by atoms with Crippen molar-refractivity contribution >= 4 is 16.0 Å². The first-order valence-corrected chi connectivity index (χ1v) is 11.0. The van der Waals surface area contributed by atoms with Crippen molar-refractivity contribution in [1.82, 2.24) is 14.5 Å². The number of rotatable bonds is 8. The van der Waals surface area contributed by atoms with E-state index in [9.17, 15) is 8.42 Å². The minimum absolute atomic E-state index is 0.378. The highest BCUT2D eigenvalue weighted by molar-refractivity contribution is 7.89. The van der Waals surface area contributed by atoms with Gasteiger partial charge in [0, 0.05) is 40.3 Å². The van der Waals surface area contributed by atoms with Crippen molar-refractivity contribution in [2.24, 2.45) is 10.9 Å². The molecular formula is C20H32N4O2S. The Hall–Kier alpha value is -1.86. The van der Waals surface area contributed by atoms with Gasteiger partial charge >= 0.3 is 0 Å². The number of sulfonamides is 1. The molecule has 0 saturated carbocycles. The monoisotopic (exact) mass is 392 g/mol. The van der Waals surface area contributed by atoms with Gasteiger partial charge in [-0.25, -0.2) is 8.42 Å². The quantitative estimate of drug-likeness (QED) is 0.320. The van der Waals surface area contributed by atoms with Crippen LogP contribution in [0.1, 0.15) is 25.7 Å². The third-order valence-electron chi connectivity index (χ3n) is 4.98. The van der Waals surface area contributed by atoms with Crippen molar-refractivity contribution in [2.45, 2.75) is 30.6 Å². The second kappa shape index (κ2) is 10.5. The van der Waals surface area contributed by atoms with E-state index < -0.39 is 10.0 Å². The van der Waals surface area contributed by atoms with E-state index in [1.54, 1.807) is 35.6 Å². The maximum atomic E-state index is 12.7. The Balaban J connectivity index is 1.81. The van der Waals surface area contributed by atoms with E-state index in [-0.39, 0.29) is 0 Å². The van der Waals surface area contributed by atoms with Crippen LogP contribution in [0.2, 0.25) is 0 Å². The van der Waals surface area contributed by atoms with Gasteiger partial charge in [-0.2, -0.15) is 4.31 Å². The van der Waals surface area contributed by atoms with Crippen molar-refractivity contribution < 1.29 is 8.42 Å². The van der Waals surface area contributed by atoms with Crippen molar-refractivity contribution in [3.05, 3.63) is 43.0 Å². The number of guanidine groups is 1. The molecule has 1 fully saturated rings. The van der Waals surface area contributed by atoms with E-state index in [2.05, 4.69) is 21.8 Å². The molecule has 6 nitrogen and oxygen atoms in total. The van der Waals surface area contributed by atoms with E-state index >= 15 is 0 Å². The molecular weight excluding hydrogens is 360 g/mol. The molecule has 0 atom stereocenters. The summed E-state index contributed by atoms with van der Waals surface area (Å²) in [5, 5.41) is 3.43. The minimum Gasteiger partial charge on any atom is -0.356 e. The molecule has 7 heteroatoms. The highest BCUT2D eigenvalue weighted by Crippen LogP contribution is 2.23. The fraction of sp³-hybridized carbons (Fsp3) is 0.550. The molecule has 150 valence electrons. The molecule has 1 heterocycles. The number of hydrogen-bond acceptors (Lipinski definition) is 3. The summed E-state index contributed by atoms with van der Waals surface area (Å²) >= 11 is 0. The van der Waals surface area contributed by atoms with Crippen LogP contribution in [-0.4, -0.2) is 63.9 Å². The van der Waals surface area contributed by atoms with E-state index in [4.69, 9.17) is 0 Å². The normalized spacial score (nSPS) is 16.9. The zero-order valence-corrected chi connectivity index (χ0v) is 17.3. The van der Waals surface area contributed by atoms with Gasteiger partial charge in [0.25, 0.3) is 0 Å². The first-order valence-electron chi connectivity index (χ1n) is 9.57. The third-order valence-corrected chi connectivity index (χ3v) is 6.89. The largest absolute Gasteiger partial charge is 0.356 e. The maximum Gasteiger partial charge on any atom is 0.243 e. The molecule has 0 spiro atoms. The van der Waals surface area contributed by atoms with Gasteiger partial charge in [0.05, 0.1) is 4.90 Å². The van der Waals surface area contributed by atoms with Crippen LogP contribution in [0, 0.1) is 5.92 Å². The van der Waals surface area contributed by atoms with Crippen LogP contribution in [0.25, 0.3) is 0 Å². The SMILES string of the molecule is C=CCCCN(C)C(=NC)NCC1CCN(S(=O)(=O)c2ccccc2)CC1. The van der Waals surface area contributed by atoms with Gasteiger partial charge in [-0.05, 0) is 43.7 Å². The Labute approximate surface area is 164 Å². The lowest BCUT2D eigenvalue weighted by atomic mass is 9.98. The van der Waals surface area contributed by atoms with E-state index in [1.165, 1.54) is 0 Å². The number of nitrogens with one attached hydrogen (secondary N) is 1. The number of hydrogen-bond donors (Lipinski definition) is 1. The van der Waals surface area contributed by atoms with E-state index in [0.29, 0.717) is 23.9 Å². The lowest BCUT2D eigenvalue weighted by Crippen LogP contribution is -2.44. The van der Waals surface area contributed by atoms with Crippen molar-refractivity contribution in [3.8, 4) is 0 Å². The Bertz CT molecular complexity index is 711. The van der Waals surface area contributed by atoms with Gasteiger partial charge in [0.15, 0.2) is 5.96 Å². The second-order valence-electron chi connectivity index (χ2n) is 6.94. The molecule has 0 amide bonds. The summed E-state index contributed by atoms with van der Waals surface area (Å²) in [4.78, 5) is 6.85. The first-order chi connectivity index (χ1) is 13.0. The van der Waals surface area contributed by atoms with Gasteiger partial charge in [-0.3, -0.25) is 4.99 Å². The highest BCUT2D eigenvalue weighted by Gasteiger charge is 2.29. The zero-order valence-electron chi connectivity index (χ0n) is 16.5. The van der Waals surface area contributed by atoms with Crippen molar-refractivity contribution in [3.63, 3.8) is 0 Å². The van der Waals surface area contributed by atoms with Gasteiger partial charge in [0.2, 0.25) is 10.0 Å². The van der Waals surface area contributed by atoms with Crippen molar-refractivity contribution in [2.75, 3.05) is 40.3 Å². The second-order valence-corrected chi connectivity index (χ2v) is 8.88. The summed E-state index contributed by atoms with van der Waals surface area (Å²) in [5.74, 6) is 1.34. The number of unbranched alkanes of at least 4 members (excludes halogenated alkanes) is 1. The summed E-state index contributed by atoms with van der Waals surface area (Å²) in [6, 6.07) is 8.68. The van der Waals surface area contributed by atoms with Gasteiger partial charge in [-0.15, -0.1) is 6.58 Å². The van der Waals surface area contributed by atoms with Crippen LogP contribution in [-0.2, 0) is 10.0 Å². The Morgan fingerprint density at radius 1 is 1.33 bits per heavy atom. The van der Waals surface area contributed by atoms with Crippen LogP contribution in [0.15, 0.2) is 52.9 Å². The smallest absolute Gasteiger partial charge is 0.243 e. The fourth-order valence-electron chi connectivity index (χ4n) is 3.29. The molecule has 1 aromatic carbocycles. The molecule has 1 aliphatic rings. The standard InChI is InChI=1S/C20H32N4O2S/c1-4-5-9-14-23(3)20(21-2)22-17-18-12-15-24(16-13-18)27(25,26)19-10-7-6-8-11-19/h4,6-8,10-11,18H,1,5,9,12-17H2,2-3H3,(H,21,22). The third kappa shape index (κ3) is 6.07. The lowest BCUT2D eigenvalue weighted by Gasteiger charge is -2.32. The van der Waals surface area contributed by atoms with Gasteiger partial charge in [-0.1, -0.05) is 24.3 Å². The average Bonchev–Trinajstić information content (AvgIpc) is 2.69. The Morgan fingerprint density at radius 3 is 2.59 bits per heavy atom. The summed E-state index contributed by atoms with van der Waals surface area (Å²) in [5.41, 5.74) is 0. The molecule has 1 saturated heterocycles. The molecule has 0 radical (unpaired) electrons. The Kier molecular flexibility index (Phi) is 8.31. The van der Waals surface area contributed by atoms with Crippen LogP contribution >= 0.6 is 0 Å². The summed E-state index contributed by atoms with van der Waals surface area (Å²) in [6.07, 6.45) is 5.69. The summed E-state index contributed by atoms with van der Waals surface area (Å²) in [6.45, 7) is 6.63. The zero-order chi connectivity index (χ0) is 19.7. The average molecular weight is 393 g/mol. The predicted octanol–water partition coefficient (Wildman–Crippen LogP) is 2.56. The van der Waals surface area contributed by atoms with Crippen molar-refractivity contribution in [1.29, 1.82) is 0 Å². The lowest BCUT2D eigenvalue weighted by molar-refractivity contribution is 0.272. The minimum atomic E-state index is -3.37. The van der Waals surface area contributed by atoms with Crippen LogP contribution in [0.3, 0.4) is 0 Å². The van der Waals surface area contributed by atoms with Crippen LogP contribution < -0.4 is 5.32 Å². The molecule has 2 rings (SSSR count). The van der Waals surface area contributed by atoms with Gasteiger partial charge < -0.3 is 10.2 Å².